The Morgan fingerprint density at radius 3 is 2.83 bits per heavy atom. The van der Waals surface area contributed by atoms with E-state index in [4.69, 9.17) is 10.5 Å². The van der Waals surface area contributed by atoms with Crippen LogP contribution in [0.2, 0.25) is 0 Å². The third-order valence-corrected chi connectivity index (χ3v) is 4.02. The maximum Gasteiger partial charge on any atom is 0.340 e. The van der Waals surface area contributed by atoms with E-state index in [1.807, 2.05) is 36.4 Å². The van der Waals surface area contributed by atoms with Crippen LogP contribution in [-0.2, 0) is 4.74 Å². The molecule has 122 valence electrons. The third kappa shape index (κ3) is 3.19. The highest BCUT2D eigenvalue weighted by atomic mass is 79.9. The minimum Gasteiger partial charge on any atom is -0.462 e. The first-order chi connectivity index (χ1) is 11.6. The van der Waals surface area contributed by atoms with Gasteiger partial charge >= 0.3 is 5.97 Å². The molecular weight excluding hydrogens is 370 g/mol. The van der Waals surface area contributed by atoms with Gasteiger partial charge in [-0.3, -0.25) is 4.98 Å². The average molecular weight is 386 g/mol. The van der Waals surface area contributed by atoms with Gasteiger partial charge in [-0.1, -0.05) is 34.1 Å². The Hall–Kier alpha value is -2.60. The second-order valence-corrected chi connectivity index (χ2v) is 6.05. The number of carbonyl (C=O) groups is 1. The number of nitrogens with one attached hydrogen (secondary N) is 1. The molecule has 0 amide bonds. The molecule has 0 fully saturated rings. The molecule has 24 heavy (non-hydrogen) atoms. The zero-order chi connectivity index (χ0) is 17.1. The van der Waals surface area contributed by atoms with Crippen LogP contribution < -0.4 is 11.1 Å². The minimum absolute atomic E-state index is 0.294. The monoisotopic (exact) mass is 385 g/mol. The summed E-state index contributed by atoms with van der Waals surface area (Å²) >= 11 is 3.41. The zero-order valence-electron chi connectivity index (χ0n) is 13.0. The van der Waals surface area contributed by atoms with E-state index < -0.39 is 5.97 Å². The van der Waals surface area contributed by atoms with Crippen LogP contribution in [-0.4, -0.2) is 17.6 Å². The van der Waals surface area contributed by atoms with Gasteiger partial charge in [-0.2, -0.15) is 0 Å². The summed E-state index contributed by atoms with van der Waals surface area (Å²) in [6.45, 7) is 2.05. The fourth-order valence-corrected chi connectivity index (χ4v) is 2.91. The van der Waals surface area contributed by atoms with Gasteiger partial charge in [0.2, 0.25) is 0 Å². The van der Waals surface area contributed by atoms with Gasteiger partial charge in [0.15, 0.2) is 0 Å². The van der Waals surface area contributed by atoms with E-state index >= 15 is 0 Å². The van der Waals surface area contributed by atoms with Crippen molar-refractivity contribution in [2.75, 3.05) is 17.7 Å². The van der Waals surface area contributed by atoms with E-state index in [-0.39, 0.29) is 0 Å². The van der Waals surface area contributed by atoms with Crippen molar-refractivity contribution in [1.82, 2.24) is 4.98 Å². The van der Waals surface area contributed by atoms with Gasteiger partial charge in [-0.15, -0.1) is 0 Å². The molecule has 0 aliphatic heterocycles. The number of anilines is 3. The number of benzene rings is 2. The Morgan fingerprint density at radius 2 is 2.04 bits per heavy atom. The fourth-order valence-electron chi connectivity index (χ4n) is 2.45. The van der Waals surface area contributed by atoms with Gasteiger partial charge < -0.3 is 15.8 Å². The normalized spacial score (nSPS) is 10.6. The fraction of sp³-hybridized carbons (Fsp3) is 0.111. The maximum absolute atomic E-state index is 12.1. The van der Waals surface area contributed by atoms with Crippen molar-refractivity contribution < 1.29 is 9.53 Å². The van der Waals surface area contributed by atoms with Crippen LogP contribution in [0.25, 0.3) is 10.9 Å². The molecule has 1 aromatic heterocycles. The van der Waals surface area contributed by atoms with Crippen LogP contribution >= 0.6 is 15.9 Å². The summed E-state index contributed by atoms with van der Waals surface area (Å²) in [5.41, 5.74) is 9.21. The minimum atomic E-state index is -0.445. The maximum atomic E-state index is 12.1. The molecule has 0 unspecified atom stereocenters. The predicted octanol–water partition coefficient (Wildman–Crippen LogP) is 4.50. The second-order valence-electron chi connectivity index (χ2n) is 5.14. The van der Waals surface area contributed by atoms with Crippen LogP contribution in [0, 0.1) is 0 Å². The molecule has 2 aromatic carbocycles. The Balaban J connectivity index is 2.05. The molecule has 3 N–H and O–H groups in total. The molecule has 5 nitrogen and oxygen atoms in total. The number of fused-ring (bicyclic) bond motifs is 1. The first kappa shape index (κ1) is 16.3. The summed E-state index contributed by atoms with van der Waals surface area (Å²) in [4.78, 5) is 16.4. The molecule has 0 spiro atoms. The Kier molecular flexibility index (Phi) is 4.66. The number of aromatic nitrogens is 1. The lowest BCUT2D eigenvalue weighted by Gasteiger charge is -2.14. The SMILES string of the molecule is CCOC(=O)c1cc(Br)cc(Nc2ccnc3ccccc23)c1N. The smallest absolute Gasteiger partial charge is 0.340 e. The van der Waals surface area contributed by atoms with Crippen LogP contribution in [0.15, 0.2) is 53.1 Å². The number of pyridine rings is 1. The number of rotatable bonds is 4. The lowest BCUT2D eigenvalue weighted by molar-refractivity contribution is 0.0527. The lowest BCUT2D eigenvalue weighted by atomic mass is 10.1. The molecule has 0 saturated heterocycles. The van der Waals surface area contributed by atoms with Gasteiger partial charge in [0.1, 0.15) is 0 Å². The van der Waals surface area contributed by atoms with Crippen molar-refractivity contribution in [2.45, 2.75) is 6.92 Å². The van der Waals surface area contributed by atoms with Gasteiger partial charge in [-0.05, 0) is 31.2 Å². The molecule has 6 heteroatoms. The van der Waals surface area contributed by atoms with Crippen molar-refractivity contribution in [2.24, 2.45) is 0 Å². The lowest BCUT2D eigenvalue weighted by Crippen LogP contribution is -2.10. The first-order valence-electron chi connectivity index (χ1n) is 7.47. The second kappa shape index (κ2) is 6.88. The van der Waals surface area contributed by atoms with Gasteiger partial charge in [0, 0.05) is 21.7 Å². The van der Waals surface area contributed by atoms with Crippen LogP contribution in [0.4, 0.5) is 17.1 Å². The number of nitrogen functional groups attached to an aromatic ring is 1. The average Bonchev–Trinajstić information content (AvgIpc) is 2.58. The van der Waals surface area contributed by atoms with E-state index in [1.165, 1.54) is 0 Å². The number of ether oxygens (including phenoxy) is 1. The van der Waals surface area contributed by atoms with Crippen LogP contribution in [0.1, 0.15) is 17.3 Å². The number of halogens is 1. The summed E-state index contributed by atoms with van der Waals surface area (Å²) in [7, 11) is 0. The van der Waals surface area contributed by atoms with Crippen molar-refractivity contribution in [3.05, 3.63) is 58.7 Å². The molecule has 0 saturated carbocycles. The molecule has 0 atom stereocenters. The highest BCUT2D eigenvalue weighted by Crippen LogP contribution is 2.33. The zero-order valence-corrected chi connectivity index (χ0v) is 14.6. The number of nitrogens with zero attached hydrogens (tertiary/aromatic N) is 1. The summed E-state index contributed by atoms with van der Waals surface area (Å²) in [6, 6.07) is 13.2. The van der Waals surface area contributed by atoms with Crippen LogP contribution in [0.5, 0.6) is 0 Å². The van der Waals surface area contributed by atoms with E-state index in [2.05, 4.69) is 26.2 Å². The van der Waals surface area contributed by atoms with Crippen LogP contribution in [0.3, 0.4) is 0 Å². The van der Waals surface area contributed by atoms with E-state index in [0.717, 1.165) is 21.1 Å². The van der Waals surface area contributed by atoms with Gasteiger partial charge in [0.05, 0.1) is 29.1 Å². The molecular formula is C18H16BrN3O2. The standard InChI is InChI=1S/C18H16BrN3O2/c1-2-24-18(23)13-9-11(19)10-16(17(13)20)22-15-7-8-21-14-6-4-3-5-12(14)15/h3-10H,2,20H2,1H3,(H,21,22). The first-order valence-corrected chi connectivity index (χ1v) is 8.26. The molecule has 3 aromatic rings. The van der Waals surface area contributed by atoms with Crippen molar-refractivity contribution in [3.63, 3.8) is 0 Å². The van der Waals surface area contributed by atoms with E-state index in [0.29, 0.717) is 23.5 Å². The van der Waals surface area contributed by atoms with Crippen molar-refractivity contribution >= 4 is 49.9 Å². The number of nitrogens with two attached hydrogens (primary N) is 1. The summed E-state index contributed by atoms with van der Waals surface area (Å²) < 4.78 is 5.80. The Labute approximate surface area is 148 Å². The molecule has 0 aliphatic carbocycles. The number of esters is 1. The number of hydrogen-bond donors (Lipinski definition) is 2. The number of hydrogen-bond acceptors (Lipinski definition) is 5. The molecule has 3 rings (SSSR count). The molecule has 0 bridgehead atoms. The molecule has 0 aliphatic rings. The third-order valence-electron chi connectivity index (χ3n) is 3.56. The van der Waals surface area contributed by atoms with Gasteiger partial charge in [0.25, 0.3) is 0 Å². The topological polar surface area (TPSA) is 77.2 Å². The van der Waals surface area contributed by atoms with E-state index in [9.17, 15) is 4.79 Å². The van der Waals surface area contributed by atoms with E-state index in [1.54, 1.807) is 19.2 Å². The Morgan fingerprint density at radius 1 is 1.25 bits per heavy atom. The number of carbonyl (C=O) groups excluding carboxylic acids is 1. The van der Waals surface area contributed by atoms with Gasteiger partial charge in [-0.25, -0.2) is 4.79 Å². The van der Waals surface area contributed by atoms with Crippen molar-refractivity contribution in [1.29, 1.82) is 0 Å². The summed E-state index contributed by atoms with van der Waals surface area (Å²) in [6.07, 6.45) is 1.73. The largest absolute Gasteiger partial charge is 0.462 e. The summed E-state index contributed by atoms with van der Waals surface area (Å²) in [5.74, 6) is -0.445. The molecule has 0 radical (unpaired) electrons. The summed E-state index contributed by atoms with van der Waals surface area (Å²) in [5, 5.41) is 4.26. The Bertz CT molecular complexity index is 907. The number of para-hydroxylation sites is 1. The predicted molar refractivity (Wildman–Crippen MR) is 99.5 cm³/mol. The highest BCUT2D eigenvalue weighted by molar-refractivity contribution is 9.10. The quantitative estimate of drug-likeness (QED) is 0.510. The molecule has 1 heterocycles. The highest BCUT2D eigenvalue weighted by Gasteiger charge is 2.16. The van der Waals surface area contributed by atoms with Crippen molar-refractivity contribution in [3.8, 4) is 0 Å².